The molecular formula is C14H19N3O. The molecule has 0 aliphatic rings. The molecule has 0 bridgehead atoms. The zero-order valence-corrected chi connectivity index (χ0v) is 11.2. The normalized spacial score (nSPS) is 9.67. The molecule has 0 fully saturated rings. The molecule has 96 valence electrons. The number of amides is 1. The Bertz CT molecular complexity index is 431. The summed E-state index contributed by atoms with van der Waals surface area (Å²) in [5.41, 5.74) is 1.68. The van der Waals surface area contributed by atoms with Crippen LogP contribution in [0.1, 0.15) is 23.7 Å². The van der Waals surface area contributed by atoms with Crippen molar-refractivity contribution in [3.05, 3.63) is 29.8 Å². The predicted octanol–water partition coefficient (Wildman–Crippen LogP) is 2.13. The van der Waals surface area contributed by atoms with Crippen molar-refractivity contribution in [3.8, 4) is 6.07 Å². The summed E-state index contributed by atoms with van der Waals surface area (Å²) in [5, 5.41) is 8.73. The third-order valence-electron chi connectivity index (χ3n) is 2.67. The molecular weight excluding hydrogens is 226 g/mol. The highest BCUT2D eigenvalue weighted by molar-refractivity contribution is 5.94. The Hall–Kier alpha value is -2.02. The molecule has 0 aromatic heterocycles. The fraction of sp³-hybridized carbons (Fsp3) is 0.429. The molecule has 0 aliphatic heterocycles. The summed E-state index contributed by atoms with van der Waals surface area (Å²) in [6.07, 6.45) is 0.850. The summed E-state index contributed by atoms with van der Waals surface area (Å²) < 4.78 is 0. The van der Waals surface area contributed by atoms with Crippen molar-refractivity contribution in [2.24, 2.45) is 0 Å². The van der Waals surface area contributed by atoms with Crippen LogP contribution in [0.5, 0.6) is 0 Å². The van der Waals surface area contributed by atoms with Gasteiger partial charge in [0.1, 0.15) is 6.54 Å². The molecule has 0 N–H and O–H groups in total. The summed E-state index contributed by atoms with van der Waals surface area (Å²) in [7, 11) is 3.91. The van der Waals surface area contributed by atoms with E-state index in [1.165, 1.54) is 0 Å². The van der Waals surface area contributed by atoms with Crippen LogP contribution in [0.3, 0.4) is 0 Å². The summed E-state index contributed by atoms with van der Waals surface area (Å²) in [6.45, 7) is 2.75. The van der Waals surface area contributed by atoms with Crippen LogP contribution in [-0.2, 0) is 0 Å². The lowest BCUT2D eigenvalue weighted by atomic mass is 10.1. The van der Waals surface area contributed by atoms with E-state index < -0.39 is 0 Å². The lowest BCUT2D eigenvalue weighted by Gasteiger charge is -2.19. The first-order valence-electron chi connectivity index (χ1n) is 6.03. The van der Waals surface area contributed by atoms with Crippen LogP contribution in [0.25, 0.3) is 0 Å². The molecule has 1 aromatic rings. The maximum atomic E-state index is 12.2. The monoisotopic (exact) mass is 245 g/mol. The van der Waals surface area contributed by atoms with Crippen LogP contribution < -0.4 is 4.90 Å². The molecule has 1 rings (SSSR count). The number of rotatable bonds is 5. The van der Waals surface area contributed by atoms with Gasteiger partial charge in [0.25, 0.3) is 5.91 Å². The van der Waals surface area contributed by atoms with Gasteiger partial charge in [-0.2, -0.15) is 5.26 Å². The van der Waals surface area contributed by atoms with E-state index >= 15 is 0 Å². The van der Waals surface area contributed by atoms with Crippen molar-refractivity contribution in [2.45, 2.75) is 13.3 Å². The SMILES string of the molecule is CCCN(CC#N)C(=O)c1ccc(N(C)C)cc1. The Morgan fingerprint density at radius 3 is 2.33 bits per heavy atom. The minimum Gasteiger partial charge on any atom is -0.378 e. The van der Waals surface area contributed by atoms with Gasteiger partial charge < -0.3 is 9.80 Å². The number of nitriles is 1. The maximum Gasteiger partial charge on any atom is 0.254 e. The van der Waals surface area contributed by atoms with Crippen molar-refractivity contribution in [3.63, 3.8) is 0 Å². The molecule has 4 nitrogen and oxygen atoms in total. The van der Waals surface area contributed by atoms with Crippen LogP contribution in [0, 0.1) is 11.3 Å². The van der Waals surface area contributed by atoms with Crippen LogP contribution in [0.4, 0.5) is 5.69 Å². The molecule has 0 saturated heterocycles. The smallest absolute Gasteiger partial charge is 0.254 e. The fourth-order valence-electron chi connectivity index (χ4n) is 1.69. The molecule has 1 amide bonds. The average Bonchev–Trinajstić information content (AvgIpc) is 2.38. The fourth-order valence-corrected chi connectivity index (χ4v) is 1.69. The van der Waals surface area contributed by atoms with Gasteiger partial charge in [0, 0.05) is 31.9 Å². The van der Waals surface area contributed by atoms with E-state index in [-0.39, 0.29) is 12.5 Å². The number of nitrogens with zero attached hydrogens (tertiary/aromatic N) is 3. The molecule has 0 radical (unpaired) electrons. The van der Waals surface area contributed by atoms with Crippen molar-refractivity contribution in [1.29, 1.82) is 5.26 Å². The van der Waals surface area contributed by atoms with Gasteiger partial charge in [-0.15, -0.1) is 0 Å². The molecule has 0 aliphatic carbocycles. The van der Waals surface area contributed by atoms with Gasteiger partial charge in [-0.3, -0.25) is 4.79 Å². The standard InChI is InChI=1S/C14H19N3O/c1-4-10-17(11-9-15)14(18)12-5-7-13(8-6-12)16(2)3/h5-8H,4,10-11H2,1-3H3. The minimum absolute atomic E-state index is 0.0799. The van der Waals surface area contributed by atoms with Crippen LogP contribution in [0.15, 0.2) is 24.3 Å². The Morgan fingerprint density at radius 1 is 1.28 bits per heavy atom. The molecule has 0 spiro atoms. The highest BCUT2D eigenvalue weighted by Crippen LogP contribution is 2.13. The lowest BCUT2D eigenvalue weighted by Crippen LogP contribution is -2.32. The number of hydrogen-bond donors (Lipinski definition) is 0. The third-order valence-corrected chi connectivity index (χ3v) is 2.67. The molecule has 0 atom stereocenters. The summed E-state index contributed by atoms with van der Waals surface area (Å²) >= 11 is 0. The molecule has 4 heteroatoms. The Morgan fingerprint density at radius 2 is 1.89 bits per heavy atom. The summed E-state index contributed by atoms with van der Waals surface area (Å²) in [4.78, 5) is 15.7. The van der Waals surface area contributed by atoms with E-state index in [0.717, 1.165) is 12.1 Å². The first-order chi connectivity index (χ1) is 8.60. The van der Waals surface area contributed by atoms with E-state index in [1.807, 2.05) is 44.1 Å². The predicted molar refractivity (Wildman–Crippen MR) is 72.6 cm³/mol. The van der Waals surface area contributed by atoms with E-state index in [0.29, 0.717) is 12.1 Å². The molecule has 18 heavy (non-hydrogen) atoms. The zero-order valence-electron chi connectivity index (χ0n) is 11.2. The summed E-state index contributed by atoms with van der Waals surface area (Å²) in [5.74, 6) is -0.0799. The van der Waals surface area contributed by atoms with E-state index in [4.69, 9.17) is 5.26 Å². The second-order valence-electron chi connectivity index (χ2n) is 4.33. The maximum absolute atomic E-state index is 12.2. The number of hydrogen-bond acceptors (Lipinski definition) is 3. The van der Waals surface area contributed by atoms with Crippen molar-refractivity contribution in [2.75, 3.05) is 32.1 Å². The van der Waals surface area contributed by atoms with Crippen molar-refractivity contribution < 1.29 is 4.79 Å². The highest BCUT2D eigenvalue weighted by atomic mass is 16.2. The Balaban J connectivity index is 2.85. The second kappa shape index (κ2) is 6.65. The highest BCUT2D eigenvalue weighted by Gasteiger charge is 2.14. The van der Waals surface area contributed by atoms with Gasteiger partial charge in [0.2, 0.25) is 0 Å². The van der Waals surface area contributed by atoms with Crippen LogP contribution >= 0.6 is 0 Å². The van der Waals surface area contributed by atoms with Gasteiger partial charge in [-0.25, -0.2) is 0 Å². The number of carbonyl (C=O) groups excluding carboxylic acids is 1. The topological polar surface area (TPSA) is 47.3 Å². The lowest BCUT2D eigenvalue weighted by molar-refractivity contribution is 0.0776. The van der Waals surface area contributed by atoms with E-state index in [2.05, 4.69) is 0 Å². The molecule has 1 aromatic carbocycles. The number of benzene rings is 1. The minimum atomic E-state index is -0.0799. The zero-order chi connectivity index (χ0) is 13.5. The third kappa shape index (κ3) is 3.49. The van der Waals surface area contributed by atoms with Gasteiger partial charge in [-0.1, -0.05) is 6.92 Å². The number of anilines is 1. The van der Waals surface area contributed by atoms with Gasteiger partial charge in [0.05, 0.1) is 6.07 Å². The van der Waals surface area contributed by atoms with Crippen molar-refractivity contribution in [1.82, 2.24) is 4.90 Å². The van der Waals surface area contributed by atoms with Crippen molar-refractivity contribution >= 4 is 11.6 Å². The first kappa shape index (κ1) is 14.0. The summed E-state index contributed by atoms with van der Waals surface area (Å²) in [6, 6.07) is 9.45. The average molecular weight is 245 g/mol. The second-order valence-corrected chi connectivity index (χ2v) is 4.33. The quantitative estimate of drug-likeness (QED) is 0.747. The van der Waals surface area contributed by atoms with Gasteiger partial charge >= 0.3 is 0 Å². The first-order valence-corrected chi connectivity index (χ1v) is 6.03. The van der Waals surface area contributed by atoms with E-state index in [1.54, 1.807) is 17.0 Å². The number of carbonyl (C=O) groups is 1. The van der Waals surface area contributed by atoms with Crippen LogP contribution in [-0.4, -0.2) is 38.0 Å². The van der Waals surface area contributed by atoms with E-state index in [9.17, 15) is 4.79 Å². The molecule has 0 saturated carbocycles. The molecule has 0 heterocycles. The largest absolute Gasteiger partial charge is 0.378 e. The van der Waals surface area contributed by atoms with Gasteiger partial charge in [0.15, 0.2) is 0 Å². The Labute approximate surface area is 108 Å². The molecule has 0 unspecified atom stereocenters. The van der Waals surface area contributed by atoms with Gasteiger partial charge in [-0.05, 0) is 30.7 Å². The van der Waals surface area contributed by atoms with Crippen LogP contribution in [0.2, 0.25) is 0 Å². The Kier molecular flexibility index (Phi) is 5.19.